The molecule has 0 radical (unpaired) electrons. The Bertz CT molecular complexity index is 1560. The van der Waals surface area contributed by atoms with Gasteiger partial charge in [0.15, 0.2) is 0 Å². The molecule has 2 saturated heterocycles. The fourth-order valence-corrected chi connectivity index (χ4v) is 7.21. The molecule has 0 bridgehead atoms. The molecule has 0 saturated carbocycles. The van der Waals surface area contributed by atoms with Gasteiger partial charge in [-0.25, -0.2) is 17.6 Å². The van der Waals surface area contributed by atoms with Crippen molar-refractivity contribution in [3.63, 3.8) is 0 Å². The van der Waals surface area contributed by atoms with Crippen LogP contribution in [0.4, 0.5) is 28.0 Å². The van der Waals surface area contributed by atoms with E-state index in [0.717, 1.165) is 72.1 Å². The Hall–Kier alpha value is -3.97. The highest BCUT2D eigenvalue weighted by Crippen LogP contribution is 2.30. The molecule has 3 aromatic carbocycles. The van der Waals surface area contributed by atoms with Crippen molar-refractivity contribution in [3.8, 4) is 0 Å². The SMILES string of the molecule is O=C(Nc1ccc(C(F)(F)F)cc1)N1CCN(S(=O)(=O)c2ccc(F)cc2)C(C(=O)N2CCC(Cc3ccccc3)CC2)C1. The standard InChI is InChI=1S/C31H32F4N4O4S/c32-25-8-12-27(13-9-25)44(42,43)39-19-18-38(30(41)36-26-10-6-24(7-11-26)31(33,34)35)21-28(39)29(40)37-16-14-23(15-17-37)20-22-4-2-1-3-5-22/h1-13,23,28H,14-21H2,(H,36,41). The van der Waals surface area contributed by atoms with Gasteiger partial charge in [0.1, 0.15) is 11.9 Å². The summed E-state index contributed by atoms with van der Waals surface area (Å²) in [6, 6.07) is 16.3. The average molecular weight is 633 g/mol. The first kappa shape index (κ1) is 31.5. The molecular formula is C31H32F4N4O4S. The number of benzene rings is 3. The molecule has 0 spiro atoms. The Balaban J connectivity index is 1.32. The van der Waals surface area contributed by atoms with E-state index < -0.39 is 45.6 Å². The quantitative estimate of drug-likeness (QED) is 0.377. The maximum absolute atomic E-state index is 13.9. The first-order valence-electron chi connectivity index (χ1n) is 14.2. The first-order chi connectivity index (χ1) is 20.9. The summed E-state index contributed by atoms with van der Waals surface area (Å²) in [5.74, 6) is -0.696. The molecule has 2 heterocycles. The third-order valence-electron chi connectivity index (χ3n) is 8.08. The summed E-state index contributed by atoms with van der Waals surface area (Å²) in [5.41, 5.74) is 0.455. The van der Waals surface area contributed by atoms with Gasteiger partial charge in [-0.3, -0.25) is 4.79 Å². The van der Waals surface area contributed by atoms with E-state index in [1.54, 1.807) is 4.90 Å². The number of hydrogen-bond acceptors (Lipinski definition) is 4. The number of nitrogens with one attached hydrogen (secondary N) is 1. The van der Waals surface area contributed by atoms with Crippen molar-refractivity contribution in [1.82, 2.24) is 14.1 Å². The molecule has 0 aromatic heterocycles. The normalized spacial score (nSPS) is 18.7. The zero-order chi connectivity index (χ0) is 31.5. The maximum Gasteiger partial charge on any atom is 0.416 e. The predicted molar refractivity (Wildman–Crippen MR) is 156 cm³/mol. The van der Waals surface area contributed by atoms with Gasteiger partial charge in [-0.05, 0) is 79.3 Å². The van der Waals surface area contributed by atoms with Crippen LogP contribution in [0.25, 0.3) is 0 Å². The summed E-state index contributed by atoms with van der Waals surface area (Å²) in [5, 5.41) is 2.53. The molecule has 44 heavy (non-hydrogen) atoms. The Morgan fingerprint density at radius 3 is 2.07 bits per heavy atom. The van der Waals surface area contributed by atoms with Crippen molar-refractivity contribution in [2.75, 3.05) is 38.0 Å². The second kappa shape index (κ2) is 12.9. The molecule has 3 aromatic rings. The van der Waals surface area contributed by atoms with Gasteiger partial charge in [-0.2, -0.15) is 17.5 Å². The summed E-state index contributed by atoms with van der Waals surface area (Å²) in [4.78, 5) is 29.8. The fourth-order valence-electron chi connectivity index (χ4n) is 5.64. The number of rotatable bonds is 6. The van der Waals surface area contributed by atoms with E-state index >= 15 is 0 Å². The molecule has 1 atom stereocenters. The Morgan fingerprint density at radius 1 is 0.818 bits per heavy atom. The van der Waals surface area contributed by atoms with Gasteiger partial charge in [0, 0.05) is 38.4 Å². The molecule has 13 heteroatoms. The zero-order valence-electron chi connectivity index (χ0n) is 23.7. The molecule has 2 aliphatic heterocycles. The molecule has 3 amide bonds. The van der Waals surface area contributed by atoms with E-state index in [-0.39, 0.29) is 30.2 Å². The van der Waals surface area contributed by atoms with Crippen molar-refractivity contribution in [2.45, 2.75) is 36.4 Å². The van der Waals surface area contributed by atoms with Crippen molar-refractivity contribution in [2.24, 2.45) is 5.92 Å². The molecule has 8 nitrogen and oxygen atoms in total. The number of nitrogens with zero attached hydrogens (tertiary/aromatic N) is 3. The van der Waals surface area contributed by atoms with Gasteiger partial charge in [0.2, 0.25) is 15.9 Å². The molecule has 2 aliphatic rings. The van der Waals surface area contributed by atoms with Crippen molar-refractivity contribution in [3.05, 3.63) is 95.8 Å². The van der Waals surface area contributed by atoms with Crippen LogP contribution < -0.4 is 5.32 Å². The highest BCUT2D eigenvalue weighted by atomic mass is 32.2. The number of halogens is 4. The molecule has 1 unspecified atom stereocenters. The average Bonchev–Trinajstić information content (AvgIpc) is 3.01. The lowest BCUT2D eigenvalue weighted by Gasteiger charge is -2.42. The minimum Gasteiger partial charge on any atom is -0.341 e. The van der Waals surface area contributed by atoms with Crippen LogP contribution in [0.5, 0.6) is 0 Å². The molecule has 0 aliphatic carbocycles. The van der Waals surface area contributed by atoms with Gasteiger partial charge < -0.3 is 15.1 Å². The van der Waals surface area contributed by atoms with Crippen molar-refractivity contribution >= 4 is 27.6 Å². The summed E-state index contributed by atoms with van der Waals surface area (Å²) in [6.07, 6.45) is -2.19. The minimum atomic E-state index is -4.53. The smallest absolute Gasteiger partial charge is 0.341 e. The molecule has 1 N–H and O–H groups in total. The summed E-state index contributed by atoms with van der Waals surface area (Å²) >= 11 is 0. The molecular weight excluding hydrogens is 600 g/mol. The van der Waals surface area contributed by atoms with Crippen LogP contribution in [0, 0.1) is 11.7 Å². The third-order valence-corrected chi connectivity index (χ3v) is 10.0. The second-order valence-electron chi connectivity index (χ2n) is 11.0. The number of sulfonamides is 1. The summed E-state index contributed by atoms with van der Waals surface area (Å²) in [6.45, 7) is 0.302. The van der Waals surface area contributed by atoms with Crippen LogP contribution in [0.2, 0.25) is 0 Å². The van der Waals surface area contributed by atoms with E-state index in [4.69, 9.17) is 0 Å². The second-order valence-corrected chi connectivity index (χ2v) is 12.9. The van der Waals surface area contributed by atoms with Crippen LogP contribution in [0.15, 0.2) is 83.8 Å². The highest BCUT2D eigenvalue weighted by Gasteiger charge is 2.43. The number of carbonyl (C=O) groups is 2. The number of likely N-dealkylation sites (tertiary alicyclic amines) is 1. The van der Waals surface area contributed by atoms with Gasteiger partial charge in [-0.15, -0.1) is 0 Å². The lowest BCUT2D eigenvalue weighted by atomic mass is 9.90. The first-order valence-corrected chi connectivity index (χ1v) is 15.7. The van der Waals surface area contributed by atoms with Gasteiger partial charge >= 0.3 is 12.2 Å². The van der Waals surface area contributed by atoms with Crippen LogP contribution in [0.1, 0.15) is 24.0 Å². The number of amides is 3. The van der Waals surface area contributed by atoms with E-state index in [1.807, 2.05) is 18.2 Å². The van der Waals surface area contributed by atoms with Crippen LogP contribution >= 0.6 is 0 Å². The zero-order valence-corrected chi connectivity index (χ0v) is 24.5. The minimum absolute atomic E-state index is 0.0736. The largest absolute Gasteiger partial charge is 0.416 e. The van der Waals surface area contributed by atoms with Crippen LogP contribution in [0.3, 0.4) is 0 Å². The topological polar surface area (TPSA) is 90.0 Å². The number of urea groups is 1. The lowest BCUT2D eigenvalue weighted by molar-refractivity contribution is -0.138. The van der Waals surface area contributed by atoms with Gasteiger partial charge in [0.25, 0.3) is 0 Å². The number of alkyl halides is 3. The number of hydrogen-bond donors (Lipinski definition) is 1. The Kier molecular flexibility index (Phi) is 9.26. The van der Waals surface area contributed by atoms with E-state index in [0.29, 0.717) is 19.0 Å². The van der Waals surface area contributed by atoms with E-state index in [9.17, 15) is 35.6 Å². The number of anilines is 1. The molecule has 2 fully saturated rings. The lowest BCUT2D eigenvalue weighted by Crippen LogP contribution is -2.62. The fraction of sp³-hybridized carbons (Fsp3) is 0.355. The Labute approximate surface area is 253 Å². The maximum atomic E-state index is 13.9. The van der Waals surface area contributed by atoms with Crippen LogP contribution in [-0.4, -0.2) is 73.2 Å². The summed E-state index contributed by atoms with van der Waals surface area (Å²) < 4.78 is 80.7. The number of carbonyl (C=O) groups excluding carboxylic acids is 2. The summed E-state index contributed by atoms with van der Waals surface area (Å²) in [7, 11) is -4.24. The van der Waals surface area contributed by atoms with Gasteiger partial charge in [-0.1, -0.05) is 30.3 Å². The van der Waals surface area contributed by atoms with Crippen LogP contribution in [-0.2, 0) is 27.4 Å². The number of piperidine rings is 1. The van der Waals surface area contributed by atoms with E-state index in [2.05, 4.69) is 17.4 Å². The Morgan fingerprint density at radius 2 is 1.45 bits per heavy atom. The number of piperazine rings is 1. The molecule has 5 rings (SSSR count). The monoisotopic (exact) mass is 632 g/mol. The predicted octanol–water partition coefficient (Wildman–Crippen LogP) is 5.23. The van der Waals surface area contributed by atoms with Crippen molar-refractivity contribution in [1.29, 1.82) is 0 Å². The van der Waals surface area contributed by atoms with Gasteiger partial charge in [0.05, 0.1) is 10.5 Å². The molecule has 234 valence electrons. The van der Waals surface area contributed by atoms with E-state index in [1.165, 1.54) is 10.5 Å². The third kappa shape index (κ3) is 7.21. The van der Waals surface area contributed by atoms with Crippen molar-refractivity contribution < 1.29 is 35.6 Å². The highest BCUT2D eigenvalue weighted by molar-refractivity contribution is 7.89.